The van der Waals surface area contributed by atoms with Gasteiger partial charge in [-0.25, -0.2) is 18.6 Å². The van der Waals surface area contributed by atoms with Crippen molar-refractivity contribution < 1.29 is 13.6 Å². The molecular weight excluding hydrogens is 494 g/mol. The number of urea groups is 1. The van der Waals surface area contributed by atoms with Crippen LogP contribution >= 0.6 is 15.9 Å². The van der Waals surface area contributed by atoms with Crippen LogP contribution in [0, 0.1) is 11.6 Å². The number of halogens is 3. The van der Waals surface area contributed by atoms with Crippen LogP contribution in [0.3, 0.4) is 0 Å². The van der Waals surface area contributed by atoms with Crippen LogP contribution in [-0.4, -0.2) is 42.2 Å². The van der Waals surface area contributed by atoms with Gasteiger partial charge in [-0.2, -0.15) is 4.98 Å². The number of hydrogen-bond donors (Lipinski definition) is 2. The molecule has 2 aliphatic rings. The zero-order valence-electron chi connectivity index (χ0n) is 18.9. The predicted molar refractivity (Wildman–Crippen MR) is 129 cm³/mol. The average Bonchev–Trinajstić information content (AvgIpc) is 2.76. The Kier molecular flexibility index (Phi) is 7.02. The van der Waals surface area contributed by atoms with Crippen LogP contribution in [0.1, 0.15) is 49.8 Å². The number of rotatable bonds is 5. The van der Waals surface area contributed by atoms with E-state index in [2.05, 4.69) is 21.2 Å². The van der Waals surface area contributed by atoms with Crippen LogP contribution in [0.2, 0.25) is 0 Å². The number of primary amides is 1. The van der Waals surface area contributed by atoms with Gasteiger partial charge in [-0.1, -0.05) is 0 Å². The molecule has 0 saturated heterocycles. The van der Waals surface area contributed by atoms with Crippen molar-refractivity contribution in [3.63, 3.8) is 0 Å². The molecule has 0 aliphatic heterocycles. The lowest BCUT2D eigenvalue weighted by Crippen LogP contribution is -2.47. The maximum Gasteiger partial charge on any atom is 0.319 e. The SMILES string of the molecule is CN(C)c1nc(N[C@H]2CC[C@@H](N(C(N)=O)c3c(F)cc(F)cc3Br)CC2)nc2c1CCCC2. The molecule has 0 unspecified atom stereocenters. The first-order valence-electron chi connectivity index (χ1n) is 11.3. The summed E-state index contributed by atoms with van der Waals surface area (Å²) in [6.45, 7) is 0. The van der Waals surface area contributed by atoms with Gasteiger partial charge in [0.15, 0.2) is 5.82 Å². The zero-order chi connectivity index (χ0) is 23.7. The van der Waals surface area contributed by atoms with Crippen LogP contribution in [0.25, 0.3) is 0 Å². The predicted octanol–water partition coefficient (Wildman–Crippen LogP) is 4.77. The van der Waals surface area contributed by atoms with Crippen molar-refractivity contribution in [2.75, 3.05) is 29.2 Å². The van der Waals surface area contributed by atoms with Gasteiger partial charge in [-0.3, -0.25) is 4.90 Å². The fourth-order valence-corrected chi connectivity index (χ4v) is 5.51. The summed E-state index contributed by atoms with van der Waals surface area (Å²) in [7, 11) is 3.99. The number of nitrogens with one attached hydrogen (secondary N) is 1. The van der Waals surface area contributed by atoms with Gasteiger partial charge in [-0.05, 0) is 73.4 Å². The quantitative estimate of drug-likeness (QED) is 0.590. The van der Waals surface area contributed by atoms with Crippen molar-refractivity contribution >= 4 is 39.4 Å². The van der Waals surface area contributed by atoms with Crippen molar-refractivity contribution in [1.29, 1.82) is 0 Å². The minimum atomic E-state index is -0.820. The number of amides is 2. The Morgan fingerprint density at radius 1 is 1.12 bits per heavy atom. The van der Waals surface area contributed by atoms with Crippen LogP contribution in [0.15, 0.2) is 16.6 Å². The number of aromatic nitrogens is 2. The van der Waals surface area contributed by atoms with Gasteiger partial charge in [0.2, 0.25) is 5.95 Å². The number of nitrogens with two attached hydrogens (primary N) is 1. The molecule has 2 aliphatic carbocycles. The molecule has 3 N–H and O–H groups in total. The molecule has 1 saturated carbocycles. The number of hydrogen-bond acceptors (Lipinski definition) is 5. The van der Waals surface area contributed by atoms with Crippen molar-refractivity contribution in [1.82, 2.24) is 9.97 Å². The Morgan fingerprint density at radius 3 is 2.45 bits per heavy atom. The number of nitrogens with zero attached hydrogens (tertiary/aromatic N) is 4. The third kappa shape index (κ3) is 5.05. The van der Waals surface area contributed by atoms with Gasteiger partial charge in [0.1, 0.15) is 11.6 Å². The molecule has 1 aromatic heterocycles. The standard InChI is InChI=1S/C23H29BrF2N6O/c1-31(2)21-16-5-3-4-6-19(16)29-23(30-21)28-14-7-9-15(10-8-14)32(22(27)33)20-17(24)11-13(25)12-18(20)26/h11-12,14-15H,3-10H2,1-2H3,(H2,27,33)(H,28,29,30)/t14-,15+. The highest BCUT2D eigenvalue weighted by Crippen LogP contribution is 2.36. The summed E-state index contributed by atoms with van der Waals surface area (Å²) in [5.74, 6) is 0.0523. The number of carbonyl (C=O) groups excluding carboxylic acids is 1. The van der Waals surface area contributed by atoms with E-state index < -0.39 is 17.7 Å². The molecule has 33 heavy (non-hydrogen) atoms. The first-order chi connectivity index (χ1) is 15.7. The molecule has 7 nitrogen and oxygen atoms in total. The molecule has 2 amide bonds. The van der Waals surface area contributed by atoms with E-state index in [0.29, 0.717) is 18.8 Å². The Labute approximate surface area is 200 Å². The molecular formula is C23H29BrF2N6O. The molecule has 10 heteroatoms. The Hall–Kier alpha value is -2.49. The molecule has 1 aromatic carbocycles. The lowest BCUT2D eigenvalue weighted by molar-refractivity contribution is 0.248. The lowest BCUT2D eigenvalue weighted by Gasteiger charge is -2.36. The summed E-state index contributed by atoms with van der Waals surface area (Å²) in [4.78, 5) is 25.1. The van der Waals surface area contributed by atoms with Crippen molar-refractivity contribution in [2.45, 2.75) is 63.5 Å². The summed E-state index contributed by atoms with van der Waals surface area (Å²) < 4.78 is 28.2. The van der Waals surface area contributed by atoms with Crippen LogP contribution < -0.4 is 20.9 Å². The lowest BCUT2D eigenvalue weighted by atomic mass is 9.90. The van der Waals surface area contributed by atoms with Gasteiger partial charge in [0, 0.05) is 42.3 Å². The number of aryl methyl sites for hydroxylation is 1. The van der Waals surface area contributed by atoms with Gasteiger partial charge in [-0.15, -0.1) is 0 Å². The molecule has 178 valence electrons. The van der Waals surface area contributed by atoms with Gasteiger partial charge < -0.3 is 16.0 Å². The minimum absolute atomic E-state index is 0.0195. The molecule has 1 heterocycles. The molecule has 1 fully saturated rings. The van der Waals surface area contributed by atoms with Gasteiger partial charge in [0.25, 0.3) is 0 Å². The summed E-state index contributed by atoms with van der Waals surface area (Å²) in [5.41, 5.74) is 7.95. The van der Waals surface area contributed by atoms with Gasteiger partial charge >= 0.3 is 6.03 Å². The third-order valence-corrected chi connectivity index (χ3v) is 7.04. The number of anilines is 3. The molecule has 2 aromatic rings. The fraction of sp³-hybridized carbons (Fsp3) is 0.522. The summed E-state index contributed by atoms with van der Waals surface area (Å²) in [6, 6.07) is 0.995. The maximum atomic E-state index is 14.5. The average molecular weight is 523 g/mol. The number of carbonyl (C=O) groups is 1. The maximum absolute atomic E-state index is 14.5. The highest BCUT2D eigenvalue weighted by Gasteiger charge is 2.32. The highest BCUT2D eigenvalue weighted by atomic mass is 79.9. The molecule has 0 atom stereocenters. The second-order valence-corrected chi connectivity index (χ2v) is 9.83. The molecule has 0 bridgehead atoms. The minimum Gasteiger partial charge on any atom is -0.362 e. The van der Waals surface area contributed by atoms with Crippen LogP contribution in [-0.2, 0) is 12.8 Å². The summed E-state index contributed by atoms with van der Waals surface area (Å²) >= 11 is 3.18. The van der Waals surface area contributed by atoms with E-state index in [1.807, 2.05) is 19.0 Å². The molecule has 4 rings (SSSR count). The zero-order valence-corrected chi connectivity index (χ0v) is 20.5. The second kappa shape index (κ2) is 9.79. The van der Waals surface area contributed by atoms with Crippen molar-refractivity contribution in [2.24, 2.45) is 5.73 Å². The van der Waals surface area contributed by atoms with E-state index >= 15 is 0 Å². The monoisotopic (exact) mass is 522 g/mol. The largest absolute Gasteiger partial charge is 0.362 e. The van der Waals surface area contributed by atoms with Crippen LogP contribution in [0.5, 0.6) is 0 Å². The first-order valence-corrected chi connectivity index (χ1v) is 12.1. The fourth-order valence-electron chi connectivity index (χ4n) is 4.91. The van der Waals surface area contributed by atoms with Crippen LogP contribution in [0.4, 0.5) is 31.0 Å². The van der Waals surface area contributed by atoms with E-state index in [9.17, 15) is 13.6 Å². The van der Waals surface area contributed by atoms with E-state index in [-0.39, 0.29) is 22.2 Å². The van der Waals surface area contributed by atoms with Crippen molar-refractivity contribution in [3.05, 3.63) is 39.5 Å². The highest BCUT2D eigenvalue weighted by molar-refractivity contribution is 9.10. The smallest absolute Gasteiger partial charge is 0.319 e. The Bertz CT molecular complexity index is 1020. The third-order valence-electron chi connectivity index (χ3n) is 6.44. The Morgan fingerprint density at radius 2 is 1.82 bits per heavy atom. The summed E-state index contributed by atoms with van der Waals surface area (Å²) in [5, 5.41) is 3.47. The topological polar surface area (TPSA) is 87.4 Å². The normalized spacial score (nSPS) is 20.2. The van der Waals surface area contributed by atoms with E-state index in [1.54, 1.807) is 0 Å². The Balaban J connectivity index is 1.48. The first kappa shape index (κ1) is 23.7. The number of benzene rings is 1. The van der Waals surface area contributed by atoms with E-state index in [0.717, 1.165) is 62.2 Å². The van der Waals surface area contributed by atoms with E-state index in [4.69, 9.17) is 15.7 Å². The second-order valence-electron chi connectivity index (χ2n) is 8.97. The van der Waals surface area contributed by atoms with Gasteiger partial charge in [0.05, 0.1) is 11.4 Å². The van der Waals surface area contributed by atoms with Crippen molar-refractivity contribution in [3.8, 4) is 0 Å². The molecule has 0 radical (unpaired) electrons. The summed E-state index contributed by atoms with van der Waals surface area (Å²) in [6.07, 6.45) is 7.00. The van der Waals surface area contributed by atoms with E-state index in [1.165, 1.54) is 10.5 Å². The number of fused-ring (bicyclic) bond motifs is 1. The molecule has 0 spiro atoms.